The van der Waals surface area contributed by atoms with Crippen LogP contribution < -0.4 is 5.32 Å². The second kappa shape index (κ2) is 6.38. The minimum atomic E-state index is -0.778. The first-order valence-corrected chi connectivity index (χ1v) is 7.03. The first-order chi connectivity index (χ1) is 8.70. The van der Waals surface area contributed by atoms with Gasteiger partial charge in [0.25, 0.3) is 0 Å². The zero-order valence-corrected chi connectivity index (χ0v) is 11.0. The van der Waals surface area contributed by atoms with Gasteiger partial charge in [-0.2, -0.15) is 0 Å². The van der Waals surface area contributed by atoms with Crippen LogP contribution in [-0.4, -0.2) is 54.5 Å². The van der Waals surface area contributed by atoms with Crippen LogP contribution in [-0.2, 0) is 4.74 Å². The largest absolute Gasteiger partial charge is 0.388 e. The van der Waals surface area contributed by atoms with Gasteiger partial charge in [0, 0.05) is 45.7 Å². The summed E-state index contributed by atoms with van der Waals surface area (Å²) in [5, 5.41) is 13.1. The average Bonchev–Trinajstić information content (AvgIpc) is 2.66. The number of hydrogen-bond acceptors (Lipinski definition) is 3. The molecule has 0 saturated carbocycles. The van der Waals surface area contributed by atoms with Gasteiger partial charge in [0.15, 0.2) is 0 Å². The highest BCUT2D eigenvalue weighted by atomic mass is 16.5. The summed E-state index contributed by atoms with van der Waals surface area (Å²) in [6, 6.07) is -0.0307. The first kappa shape index (κ1) is 13.6. The maximum atomic E-state index is 12.0. The van der Waals surface area contributed by atoms with Crippen LogP contribution in [0.2, 0.25) is 0 Å². The minimum absolute atomic E-state index is 0.0307. The second-order valence-corrected chi connectivity index (χ2v) is 5.40. The topological polar surface area (TPSA) is 61.8 Å². The molecule has 0 bridgehead atoms. The number of hydrogen-bond donors (Lipinski definition) is 2. The molecule has 104 valence electrons. The first-order valence-electron chi connectivity index (χ1n) is 7.03. The number of aliphatic hydroxyl groups is 1. The summed E-state index contributed by atoms with van der Waals surface area (Å²) in [6.45, 7) is 3.18. The molecule has 0 aliphatic carbocycles. The van der Waals surface area contributed by atoms with Crippen LogP contribution in [0.3, 0.4) is 0 Å². The number of ether oxygens (including phenoxy) is 1. The second-order valence-electron chi connectivity index (χ2n) is 5.40. The summed E-state index contributed by atoms with van der Waals surface area (Å²) in [5.74, 6) is 0. The monoisotopic (exact) mass is 256 g/mol. The van der Waals surface area contributed by atoms with Crippen LogP contribution in [0.25, 0.3) is 0 Å². The zero-order chi connectivity index (χ0) is 12.8. The Labute approximate surface area is 108 Å². The number of urea groups is 1. The van der Waals surface area contributed by atoms with E-state index in [4.69, 9.17) is 4.74 Å². The van der Waals surface area contributed by atoms with E-state index in [1.54, 1.807) is 0 Å². The molecule has 2 heterocycles. The van der Waals surface area contributed by atoms with Crippen LogP contribution in [0.5, 0.6) is 0 Å². The van der Waals surface area contributed by atoms with Crippen LogP contribution in [0, 0.1) is 0 Å². The lowest BCUT2D eigenvalue weighted by atomic mass is 9.94. The molecule has 5 heteroatoms. The van der Waals surface area contributed by atoms with Crippen molar-refractivity contribution in [3.8, 4) is 0 Å². The average molecular weight is 256 g/mol. The molecule has 0 spiro atoms. The van der Waals surface area contributed by atoms with E-state index in [2.05, 4.69) is 5.32 Å². The number of carbonyl (C=O) groups excluding carboxylic acids is 1. The van der Waals surface area contributed by atoms with Crippen LogP contribution in [0.1, 0.15) is 38.5 Å². The van der Waals surface area contributed by atoms with E-state index in [9.17, 15) is 9.90 Å². The van der Waals surface area contributed by atoms with Crippen molar-refractivity contribution < 1.29 is 14.6 Å². The third kappa shape index (κ3) is 3.85. The minimum Gasteiger partial charge on any atom is -0.388 e. The Morgan fingerprint density at radius 1 is 1.17 bits per heavy atom. The van der Waals surface area contributed by atoms with Gasteiger partial charge in [-0.3, -0.25) is 0 Å². The molecule has 0 unspecified atom stereocenters. The van der Waals surface area contributed by atoms with E-state index < -0.39 is 5.60 Å². The molecular formula is C13H24N2O3. The Morgan fingerprint density at radius 3 is 2.39 bits per heavy atom. The molecule has 2 saturated heterocycles. The van der Waals surface area contributed by atoms with Crippen molar-refractivity contribution in [2.75, 3.05) is 32.8 Å². The summed E-state index contributed by atoms with van der Waals surface area (Å²) in [7, 11) is 0. The molecular weight excluding hydrogens is 232 g/mol. The van der Waals surface area contributed by atoms with E-state index in [1.807, 2.05) is 4.90 Å². The van der Waals surface area contributed by atoms with Gasteiger partial charge in [0.2, 0.25) is 0 Å². The lowest BCUT2D eigenvalue weighted by molar-refractivity contribution is -0.0604. The number of nitrogens with one attached hydrogen (secondary N) is 1. The Morgan fingerprint density at radius 2 is 1.78 bits per heavy atom. The van der Waals surface area contributed by atoms with Crippen LogP contribution in [0.4, 0.5) is 4.79 Å². The molecule has 0 aromatic rings. The molecule has 0 aromatic carbocycles. The highest BCUT2D eigenvalue weighted by Gasteiger charge is 2.30. The fourth-order valence-electron chi connectivity index (χ4n) is 2.55. The van der Waals surface area contributed by atoms with Gasteiger partial charge in [0.1, 0.15) is 0 Å². The third-order valence-electron chi connectivity index (χ3n) is 3.89. The molecule has 0 radical (unpaired) electrons. The lowest BCUT2D eigenvalue weighted by Gasteiger charge is -2.33. The van der Waals surface area contributed by atoms with Crippen molar-refractivity contribution in [2.24, 2.45) is 0 Å². The van der Waals surface area contributed by atoms with Gasteiger partial charge in [-0.25, -0.2) is 4.79 Å². The molecule has 2 aliphatic heterocycles. The summed E-state index contributed by atoms with van der Waals surface area (Å²) < 4.78 is 5.22. The van der Waals surface area contributed by atoms with E-state index in [-0.39, 0.29) is 6.03 Å². The summed E-state index contributed by atoms with van der Waals surface area (Å²) in [4.78, 5) is 13.9. The fourth-order valence-corrected chi connectivity index (χ4v) is 2.55. The molecule has 18 heavy (non-hydrogen) atoms. The molecule has 2 rings (SSSR count). The quantitative estimate of drug-likeness (QED) is 0.778. The molecule has 2 fully saturated rings. The third-order valence-corrected chi connectivity index (χ3v) is 3.89. The van der Waals surface area contributed by atoms with Crippen molar-refractivity contribution in [3.63, 3.8) is 0 Å². The van der Waals surface area contributed by atoms with Crippen LogP contribution >= 0.6 is 0 Å². The maximum absolute atomic E-state index is 12.0. The highest BCUT2D eigenvalue weighted by molar-refractivity contribution is 5.74. The highest BCUT2D eigenvalue weighted by Crippen LogP contribution is 2.19. The Bertz CT molecular complexity index is 269. The van der Waals surface area contributed by atoms with E-state index >= 15 is 0 Å². The molecule has 2 N–H and O–H groups in total. The molecule has 2 aliphatic rings. The number of carbonyl (C=O) groups is 1. The van der Waals surface area contributed by atoms with Crippen molar-refractivity contribution >= 4 is 6.03 Å². The normalized spacial score (nSPS) is 24.4. The van der Waals surface area contributed by atoms with Gasteiger partial charge in [-0.05, 0) is 12.8 Å². The summed E-state index contributed by atoms with van der Waals surface area (Å²) in [5.41, 5.74) is -0.778. The molecule has 5 nitrogen and oxygen atoms in total. The van der Waals surface area contributed by atoms with Crippen molar-refractivity contribution in [1.82, 2.24) is 10.2 Å². The Balaban J connectivity index is 1.76. The molecule has 0 aromatic heterocycles. The number of likely N-dealkylation sites (tertiary alicyclic amines) is 1. The smallest absolute Gasteiger partial charge is 0.317 e. The van der Waals surface area contributed by atoms with Gasteiger partial charge in [0.05, 0.1) is 5.60 Å². The predicted octanol–water partition coefficient (Wildman–Crippen LogP) is 1.11. The van der Waals surface area contributed by atoms with Crippen molar-refractivity contribution in [3.05, 3.63) is 0 Å². The Kier molecular flexibility index (Phi) is 4.83. The summed E-state index contributed by atoms with van der Waals surface area (Å²) >= 11 is 0. The maximum Gasteiger partial charge on any atom is 0.317 e. The van der Waals surface area contributed by atoms with Crippen molar-refractivity contribution in [1.29, 1.82) is 0 Å². The molecule has 2 amide bonds. The van der Waals surface area contributed by atoms with Crippen molar-refractivity contribution in [2.45, 2.75) is 44.1 Å². The lowest BCUT2D eigenvalue weighted by Crippen LogP contribution is -2.50. The molecule has 0 atom stereocenters. The van der Waals surface area contributed by atoms with E-state index in [0.717, 1.165) is 25.9 Å². The number of rotatable bonds is 2. The van der Waals surface area contributed by atoms with E-state index in [1.165, 1.54) is 12.8 Å². The fraction of sp³-hybridized carbons (Fsp3) is 0.923. The number of amides is 2. The SMILES string of the molecule is O=C(NCC1(O)CCOCC1)N1CCCCCC1. The van der Waals surface area contributed by atoms with E-state index in [0.29, 0.717) is 32.6 Å². The predicted molar refractivity (Wildman–Crippen MR) is 68.4 cm³/mol. The van der Waals surface area contributed by atoms with Gasteiger partial charge in [-0.1, -0.05) is 12.8 Å². The van der Waals surface area contributed by atoms with Gasteiger partial charge >= 0.3 is 6.03 Å². The summed E-state index contributed by atoms with van der Waals surface area (Å²) in [6.07, 6.45) is 5.81. The number of nitrogens with zero attached hydrogens (tertiary/aromatic N) is 1. The van der Waals surface area contributed by atoms with Crippen LogP contribution in [0.15, 0.2) is 0 Å². The Hall–Kier alpha value is -0.810. The van der Waals surface area contributed by atoms with Gasteiger partial charge in [-0.15, -0.1) is 0 Å². The standard InChI is InChI=1S/C13H24N2O3/c16-12(15-7-3-1-2-4-8-15)14-11-13(17)5-9-18-10-6-13/h17H,1-11H2,(H,14,16). The zero-order valence-electron chi connectivity index (χ0n) is 11.0. The van der Waals surface area contributed by atoms with Gasteiger partial charge < -0.3 is 20.1 Å².